The molecule has 5 nitrogen and oxygen atoms in total. The topological polar surface area (TPSA) is 64.4 Å². The zero-order valence-electron chi connectivity index (χ0n) is 16.1. The molecule has 1 aromatic carbocycles. The Kier molecular flexibility index (Phi) is 5.60. The normalized spacial score (nSPS) is 11.6. The molecule has 0 unspecified atom stereocenters. The molecule has 0 bridgehead atoms. The number of furan rings is 1. The van der Waals surface area contributed by atoms with Crippen molar-refractivity contribution in [3.63, 3.8) is 0 Å². The molecule has 140 valence electrons. The second kappa shape index (κ2) is 8.08. The van der Waals surface area contributed by atoms with Crippen LogP contribution in [0.4, 0.5) is 0 Å². The van der Waals surface area contributed by atoms with Crippen molar-refractivity contribution < 1.29 is 13.9 Å². The van der Waals surface area contributed by atoms with Crippen molar-refractivity contribution in [2.24, 2.45) is 0 Å². The van der Waals surface area contributed by atoms with E-state index in [0.717, 1.165) is 39.1 Å². The number of aromatic nitrogens is 1. The number of carbonyl (C=O) groups is 1. The first-order chi connectivity index (χ1) is 13.0. The average Bonchev–Trinajstić information content (AvgIpc) is 2.94. The molecule has 2 aromatic heterocycles. The number of hydrogen-bond donors (Lipinski definition) is 1. The zero-order chi connectivity index (χ0) is 19.4. The predicted molar refractivity (Wildman–Crippen MR) is 107 cm³/mol. The Morgan fingerprint density at radius 1 is 1.30 bits per heavy atom. The van der Waals surface area contributed by atoms with Gasteiger partial charge in [0.2, 0.25) is 5.91 Å². The predicted octanol–water partition coefficient (Wildman–Crippen LogP) is 4.56. The minimum atomic E-state index is -0.166. The first-order valence-electron chi connectivity index (χ1n) is 9.02. The minimum absolute atomic E-state index is 0.166. The number of amides is 1. The third-order valence-corrected chi connectivity index (χ3v) is 4.52. The van der Waals surface area contributed by atoms with Gasteiger partial charge in [-0.3, -0.25) is 9.78 Å². The third-order valence-electron chi connectivity index (χ3n) is 4.52. The van der Waals surface area contributed by atoms with Crippen LogP contribution >= 0.6 is 0 Å². The number of pyridine rings is 1. The lowest BCUT2D eigenvalue weighted by atomic mass is 10.0. The van der Waals surface area contributed by atoms with Crippen molar-refractivity contribution in [2.45, 2.75) is 34.2 Å². The van der Waals surface area contributed by atoms with E-state index in [1.165, 1.54) is 0 Å². The van der Waals surface area contributed by atoms with Gasteiger partial charge in [-0.05, 0) is 57.0 Å². The van der Waals surface area contributed by atoms with E-state index < -0.39 is 0 Å². The van der Waals surface area contributed by atoms with Gasteiger partial charge in [-0.15, -0.1) is 0 Å². The van der Waals surface area contributed by atoms with Gasteiger partial charge in [-0.2, -0.15) is 0 Å². The van der Waals surface area contributed by atoms with E-state index in [2.05, 4.69) is 10.3 Å². The number of nitrogens with one attached hydrogen (secondary N) is 1. The van der Waals surface area contributed by atoms with Gasteiger partial charge >= 0.3 is 0 Å². The van der Waals surface area contributed by atoms with Crippen molar-refractivity contribution in [2.75, 3.05) is 6.61 Å². The van der Waals surface area contributed by atoms with Crippen LogP contribution in [0.15, 0.2) is 47.0 Å². The molecule has 3 aromatic rings. The van der Waals surface area contributed by atoms with Crippen molar-refractivity contribution >= 4 is 22.4 Å². The van der Waals surface area contributed by atoms with Gasteiger partial charge in [0.1, 0.15) is 17.1 Å². The van der Waals surface area contributed by atoms with Crippen LogP contribution in [0.1, 0.15) is 36.4 Å². The molecule has 0 fully saturated rings. The Balaban J connectivity index is 1.87. The quantitative estimate of drug-likeness (QED) is 0.651. The molecule has 0 aliphatic carbocycles. The summed E-state index contributed by atoms with van der Waals surface area (Å²) in [6.07, 6.45) is 3.30. The van der Waals surface area contributed by atoms with Gasteiger partial charge < -0.3 is 14.5 Å². The van der Waals surface area contributed by atoms with E-state index in [0.29, 0.717) is 18.9 Å². The first kappa shape index (κ1) is 18.7. The lowest BCUT2D eigenvalue weighted by Crippen LogP contribution is -2.21. The summed E-state index contributed by atoms with van der Waals surface area (Å²) in [6.45, 7) is 8.75. The largest absolute Gasteiger partial charge is 0.493 e. The molecule has 0 radical (unpaired) electrons. The second-order valence-electron chi connectivity index (χ2n) is 6.43. The Morgan fingerprint density at radius 3 is 2.81 bits per heavy atom. The molecule has 27 heavy (non-hydrogen) atoms. The number of aryl methyl sites for hydroxylation is 2. The molecule has 0 spiro atoms. The van der Waals surface area contributed by atoms with Crippen LogP contribution in [0.5, 0.6) is 5.75 Å². The minimum Gasteiger partial charge on any atom is -0.493 e. The molecule has 3 rings (SSSR count). The Bertz CT molecular complexity index is 988. The summed E-state index contributed by atoms with van der Waals surface area (Å²) in [5.74, 6) is 1.44. The fourth-order valence-corrected chi connectivity index (χ4v) is 2.96. The number of rotatable bonds is 6. The maximum absolute atomic E-state index is 12.3. The lowest BCUT2D eigenvalue weighted by molar-refractivity contribution is -0.116. The second-order valence-corrected chi connectivity index (χ2v) is 6.43. The van der Waals surface area contributed by atoms with Crippen molar-refractivity contribution in [3.05, 3.63) is 65.2 Å². The molecule has 1 N–H and O–H groups in total. The van der Waals surface area contributed by atoms with Crippen LogP contribution in [0.25, 0.3) is 16.5 Å². The third kappa shape index (κ3) is 4.19. The summed E-state index contributed by atoms with van der Waals surface area (Å²) < 4.78 is 11.6. The van der Waals surface area contributed by atoms with Gasteiger partial charge in [0.25, 0.3) is 0 Å². The molecule has 0 saturated heterocycles. The van der Waals surface area contributed by atoms with Gasteiger partial charge in [0, 0.05) is 29.3 Å². The van der Waals surface area contributed by atoms with Gasteiger partial charge in [0.05, 0.1) is 18.8 Å². The fraction of sp³-hybridized carbons (Fsp3) is 0.273. The Hall–Kier alpha value is -3.08. The van der Waals surface area contributed by atoms with Crippen molar-refractivity contribution in [1.82, 2.24) is 10.3 Å². The summed E-state index contributed by atoms with van der Waals surface area (Å²) >= 11 is 0. The molecule has 0 saturated carbocycles. The number of allylic oxidation sites excluding steroid dienone is 1. The van der Waals surface area contributed by atoms with E-state index in [4.69, 9.17) is 9.15 Å². The average molecular weight is 364 g/mol. The summed E-state index contributed by atoms with van der Waals surface area (Å²) in [5.41, 5.74) is 4.43. The summed E-state index contributed by atoms with van der Waals surface area (Å²) in [4.78, 5) is 16.5. The van der Waals surface area contributed by atoms with E-state index >= 15 is 0 Å². The molecule has 0 aliphatic heterocycles. The first-order valence-corrected chi connectivity index (χ1v) is 9.02. The van der Waals surface area contributed by atoms with Crippen LogP contribution in [0.3, 0.4) is 0 Å². The van der Waals surface area contributed by atoms with E-state index in [-0.39, 0.29) is 5.91 Å². The Morgan fingerprint density at radius 2 is 2.11 bits per heavy atom. The number of benzene rings is 1. The summed E-state index contributed by atoms with van der Waals surface area (Å²) in [5, 5.41) is 3.90. The highest BCUT2D eigenvalue weighted by Crippen LogP contribution is 2.34. The van der Waals surface area contributed by atoms with E-state index in [1.807, 2.05) is 58.0 Å². The van der Waals surface area contributed by atoms with Crippen LogP contribution in [0.2, 0.25) is 0 Å². The highest BCUT2D eigenvalue weighted by atomic mass is 16.5. The highest BCUT2D eigenvalue weighted by molar-refractivity contribution is 5.97. The van der Waals surface area contributed by atoms with Gasteiger partial charge in [0.15, 0.2) is 0 Å². The summed E-state index contributed by atoms with van der Waals surface area (Å²) in [7, 11) is 0. The van der Waals surface area contributed by atoms with E-state index in [9.17, 15) is 4.79 Å². The van der Waals surface area contributed by atoms with Gasteiger partial charge in [-0.25, -0.2) is 0 Å². The fourth-order valence-electron chi connectivity index (χ4n) is 2.96. The standard InChI is InChI=1S/C22H24N2O3/c1-5-26-20-12-21-19(15(3)16(4)27-21)11-18(20)14(2)10-22(25)24-13-17-8-6-7-9-23-17/h6-12H,5,13H2,1-4H3,(H,24,25)/b14-10+. The maximum atomic E-state index is 12.3. The highest BCUT2D eigenvalue weighted by Gasteiger charge is 2.14. The van der Waals surface area contributed by atoms with Crippen molar-refractivity contribution in [3.8, 4) is 5.75 Å². The SMILES string of the molecule is CCOc1cc2oc(C)c(C)c2cc1/C(C)=C/C(=O)NCc1ccccn1. The van der Waals surface area contributed by atoms with E-state index in [1.54, 1.807) is 12.3 Å². The van der Waals surface area contributed by atoms with Gasteiger partial charge in [-0.1, -0.05) is 6.07 Å². The lowest BCUT2D eigenvalue weighted by Gasteiger charge is -2.11. The summed E-state index contributed by atoms with van der Waals surface area (Å²) in [6, 6.07) is 9.55. The molecule has 5 heteroatoms. The number of nitrogens with zero attached hydrogens (tertiary/aromatic N) is 1. The van der Waals surface area contributed by atoms with Crippen LogP contribution < -0.4 is 10.1 Å². The molecule has 1 amide bonds. The number of carbonyl (C=O) groups excluding carboxylic acids is 1. The smallest absolute Gasteiger partial charge is 0.244 e. The molecule has 0 atom stereocenters. The van der Waals surface area contributed by atoms with Crippen LogP contribution in [0, 0.1) is 13.8 Å². The van der Waals surface area contributed by atoms with Crippen molar-refractivity contribution in [1.29, 1.82) is 0 Å². The monoisotopic (exact) mass is 364 g/mol. The van der Waals surface area contributed by atoms with Crippen LogP contribution in [-0.2, 0) is 11.3 Å². The number of ether oxygens (including phenoxy) is 1. The Labute approximate surface area is 159 Å². The molecule has 0 aliphatic rings. The number of hydrogen-bond acceptors (Lipinski definition) is 4. The number of fused-ring (bicyclic) bond motifs is 1. The molecular formula is C22H24N2O3. The maximum Gasteiger partial charge on any atom is 0.244 e. The zero-order valence-corrected chi connectivity index (χ0v) is 16.1. The molecule has 2 heterocycles. The van der Waals surface area contributed by atoms with Crippen LogP contribution in [-0.4, -0.2) is 17.5 Å². The molecular weight excluding hydrogens is 340 g/mol.